The first-order valence-corrected chi connectivity index (χ1v) is 10.0. The van der Waals surface area contributed by atoms with Crippen LogP contribution in [0.15, 0.2) is 48.5 Å². The number of rotatable bonds is 4. The third-order valence-electron chi connectivity index (χ3n) is 4.41. The molecule has 8 heteroatoms. The first kappa shape index (κ1) is 19.8. The molecule has 4 aromatic rings. The number of pyridine rings is 1. The molecule has 0 aliphatic heterocycles. The molecular formula is C21H12Cl2F2N2OS. The van der Waals surface area contributed by atoms with Gasteiger partial charge in [-0.1, -0.05) is 23.2 Å². The second-order valence-corrected chi connectivity index (χ2v) is 8.20. The molecule has 29 heavy (non-hydrogen) atoms. The molecule has 0 bridgehead atoms. The van der Waals surface area contributed by atoms with E-state index in [1.807, 2.05) is 0 Å². The van der Waals surface area contributed by atoms with Crippen molar-refractivity contribution in [3.63, 3.8) is 0 Å². The first-order valence-electron chi connectivity index (χ1n) is 8.45. The maximum atomic E-state index is 13.9. The lowest BCUT2D eigenvalue weighted by Crippen LogP contribution is -2.06. The quantitative estimate of drug-likeness (QED) is 0.359. The van der Waals surface area contributed by atoms with Crippen molar-refractivity contribution in [2.24, 2.45) is 0 Å². The number of benzene rings is 2. The van der Waals surface area contributed by atoms with Gasteiger partial charge in [-0.25, -0.2) is 13.8 Å². The molecule has 2 aromatic heterocycles. The number of hydrogen-bond donors (Lipinski definition) is 1. The summed E-state index contributed by atoms with van der Waals surface area (Å²) < 4.78 is 27.3. The number of hydrogen-bond acceptors (Lipinski definition) is 4. The molecular weight excluding hydrogens is 437 g/mol. The van der Waals surface area contributed by atoms with Crippen molar-refractivity contribution in [3.8, 4) is 11.3 Å². The van der Waals surface area contributed by atoms with Crippen LogP contribution >= 0.6 is 34.5 Å². The van der Waals surface area contributed by atoms with Gasteiger partial charge in [0.25, 0.3) is 0 Å². The van der Waals surface area contributed by atoms with E-state index in [9.17, 15) is 13.6 Å². The van der Waals surface area contributed by atoms with E-state index in [2.05, 4.69) is 4.98 Å². The Morgan fingerprint density at radius 2 is 1.86 bits per heavy atom. The molecule has 0 amide bonds. The van der Waals surface area contributed by atoms with Crippen molar-refractivity contribution in [2.75, 3.05) is 5.73 Å². The zero-order valence-corrected chi connectivity index (χ0v) is 17.0. The summed E-state index contributed by atoms with van der Waals surface area (Å²) in [6.07, 6.45) is -0.298. The van der Waals surface area contributed by atoms with Crippen LogP contribution < -0.4 is 5.73 Å². The van der Waals surface area contributed by atoms with Crippen molar-refractivity contribution in [1.82, 2.24) is 4.98 Å². The van der Waals surface area contributed by atoms with Crippen LogP contribution in [-0.2, 0) is 6.42 Å². The van der Waals surface area contributed by atoms with E-state index < -0.39 is 17.4 Å². The fraction of sp³-hybridized carbons (Fsp3) is 0.0476. The van der Waals surface area contributed by atoms with Crippen molar-refractivity contribution >= 4 is 56.2 Å². The highest BCUT2D eigenvalue weighted by Gasteiger charge is 2.20. The van der Waals surface area contributed by atoms with E-state index in [0.717, 1.165) is 29.5 Å². The largest absolute Gasteiger partial charge is 0.397 e. The van der Waals surface area contributed by atoms with Gasteiger partial charge in [0.2, 0.25) is 0 Å². The minimum absolute atomic E-state index is 0.0220. The average molecular weight is 449 g/mol. The van der Waals surface area contributed by atoms with E-state index in [4.69, 9.17) is 28.9 Å². The van der Waals surface area contributed by atoms with Gasteiger partial charge in [0, 0.05) is 22.4 Å². The lowest BCUT2D eigenvalue weighted by atomic mass is 10.1. The molecule has 2 aromatic carbocycles. The second kappa shape index (κ2) is 7.71. The van der Waals surface area contributed by atoms with Crippen LogP contribution in [0.4, 0.5) is 14.5 Å². The van der Waals surface area contributed by atoms with E-state index in [1.54, 1.807) is 30.3 Å². The lowest BCUT2D eigenvalue weighted by Gasteiger charge is -2.04. The summed E-state index contributed by atoms with van der Waals surface area (Å²) >= 11 is 13.4. The SMILES string of the molecule is Nc1c(C(=O)Cc2cc(F)ccc2F)sc2nc(-c3cc(Cl)ccc3Cl)ccc12. The van der Waals surface area contributed by atoms with E-state index >= 15 is 0 Å². The molecule has 0 unspecified atom stereocenters. The van der Waals surface area contributed by atoms with Gasteiger partial charge in [0.15, 0.2) is 5.78 Å². The average Bonchev–Trinajstić information content (AvgIpc) is 3.02. The van der Waals surface area contributed by atoms with Gasteiger partial charge < -0.3 is 5.73 Å². The Morgan fingerprint density at radius 1 is 1.07 bits per heavy atom. The van der Waals surface area contributed by atoms with Crippen LogP contribution in [0.2, 0.25) is 10.0 Å². The van der Waals surface area contributed by atoms with Gasteiger partial charge in [-0.2, -0.15) is 0 Å². The minimum Gasteiger partial charge on any atom is -0.397 e. The Morgan fingerprint density at radius 3 is 2.66 bits per heavy atom. The van der Waals surface area contributed by atoms with E-state index in [1.165, 1.54) is 0 Å². The highest BCUT2D eigenvalue weighted by Crippen LogP contribution is 2.37. The van der Waals surface area contributed by atoms with Crippen molar-refractivity contribution < 1.29 is 13.6 Å². The molecule has 0 saturated carbocycles. The van der Waals surface area contributed by atoms with Crippen molar-refractivity contribution in [2.45, 2.75) is 6.42 Å². The first-order chi connectivity index (χ1) is 13.8. The number of carbonyl (C=O) groups is 1. The molecule has 146 valence electrons. The third kappa shape index (κ3) is 3.83. The molecule has 4 rings (SSSR count). The topological polar surface area (TPSA) is 56.0 Å². The Kier molecular flexibility index (Phi) is 5.25. The number of ketones is 1. The summed E-state index contributed by atoms with van der Waals surface area (Å²) in [7, 11) is 0. The second-order valence-electron chi connectivity index (χ2n) is 6.35. The minimum atomic E-state index is -0.643. The summed E-state index contributed by atoms with van der Waals surface area (Å²) in [4.78, 5) is 18.1. The standard InChI is InChI=1S/C21H12Cl2F2N2OS/c22-11-1-4-15(23)14(9-11)17-6-3-13-19(26)20(29-21(13)27-17)18(28)8-10-7-12(24)2-5-16(10)25/h1-7,9H,8,26H2. The normalized spacial score (nSPS) is 11.2. The van der Waals surface area contributed by atoms with E-state index in [-0.39, 0.29) is 22.5 Å². The Hall–Kier alpha value is -2.54. The van der Waals surface area contributed by atoms with Crippen LogP contribution in [0.3, 0.4) is 0 Å². The molecule has 0 fully saturated rings. The summed E-state index contributed by atoms with van der Waals surface area (Å²) in [6.45, 7) is 0. The molecule has 2 heterocycles. The van der Waals surface area contributed by atoms with Gasteiger partial charge in [0.05, 0.1) is 21.3 Å². The number of nitrogen functional groups attached to an aromatic ring is 1. The summed E-state index contributed by atoms with van der Waals surface area (Å²) in [5.74, 6) is -1.66. The molecule has 2 N–H and O–H groups in total. The van der Waals surface area contributed by atoms with Gasteiger partial charge in [-0.05, 0) is 54.1 Å². The van der Waals surface area contributed by atoms with Crippen LogP contribution in [0, 0.1) is 11.6 Å². The Balaban J connectivity index is 1.73. The number of nitrogens with two attached hydrogens (primary N) is 1. The molecule has 0 saturated heterocycles. The van der Waals surface area contributed by atoms with Crippen LogP contribution in [0.1, 0.15) is 15.2 Å². The maximum Gasteiger partial charge on any atom is 0.179 e. The number of halogens is 4. The highest BCUT2D eigenvalue weighted by atomic mass is 35.5. The van der Waals surface area contributed by atoms with Gasteiger partial charge >= 0.3 is 0 Å². The van der Waals surface area contributed by atoms with E-state index in [0.29, 0.717) is 31.5 Å². The van der Waals surface area contributed by atoms with Crippen LogP contribution in [0.25, 0.3) is 21.5 Å². The molecule has 0 aliphatic rings. The summed E-state index contributed by atoms with van der Waals surface area (Å²) in [5, 5.41) is 1.62. The zero-order chi connectivity index (χ0) is 20.7. The molecule has 3 nitrogen and oxygen atoms in total. The molecule has 0 atom stereocenters. The number of Topliss-reactive ketones (excluding diaryl/α,β-unsaturated/α-hetero) is 1. The van der Waals surface area contributed by atoms with Crippen LogP contribution in [0.5, 0.6) is 0 Å². The fourth-order valence-corrected chi connectivity index (χ4v) is 4.40. The fourth-order valence-electron chi connectivity index (χ4n) is 2.98. The Bertz CT molecular complexity index is 1270. The van der Waals surface area contributed by atoms with Gasteiger partial charge in [0.1, 0.15) is 16.5 Å². The van der Waals surface area contributed by atoms with Crippen molar-refractivity contribution in [3.05, 3.63) is 80.7 Å². The smallest absolute Gasteiger partial charge is 0.179 e. The molecule has 0 spiro atoms. The zero-order valence-electron chi connectivity index (χ0n) is 14.7. The predicted molar refractivity (Wildman–Crippen MR) is 114 cm³/mol. The number of nitrogens with zero attached hydrogens (tertiary/aromatic N) is 1. The molecule has 0 radical (unpaired) electrons. The highest BCUT2D eigenvalue weighted by molar-refractivity contribution is 7.21. The lowest BCUT2D eigenvalue weighted by molar-refractivity contribution is 0.0996. The van der Waals surface area contributed by atoms with Crippen molar-refractivity contribution in [1.29, 1.82) is 0 Å². The maximum absolute atomic E-state index is 13.9. The summed E-state index contributed by atoms with van der Waals surface area (Å²) in [6, 6.07) is 11.6. The summed E-state index contributed by atoms with van der Waals surface area (Å²) in [5.41, 5.74) is 7.62. The number of thiophene rings is 1. The number of anilines is 1. The van der Waals surface area contributed by atoms with Gasteiger partial charge in [-0.15, -0.1) is 11.3 Å². The van der Waals surface area contributed by atoms with Crippen LogP contribution in [-0.4, -0.2) is 10.8 Å². The predicted octanol–water partition coefficient (Wildman–Crippen LogP) is 6.56. The van der Waals surface area contributed by atoms with Gasteiger partial charge in [-0.3, -0.25) is 4.79 Å². The Labute approximate surface area is 178 Å². The number of carbonyl (C=O) groups excluding carboxylic acids is 1. The number of fused-ring (bicyclic) bond motifs is 1. The third-order valence-corrected chi connectivity index (χ3v) is 6.13. The number of aromatic nitrogens is 1. The molecule has 0 aliphatic carbocycles. The monoisotopic (exact) mass is 448 g/mol.